The van der Waals surface area contributed by atoms with Crippen molar-refractivity contribution in [1.82, 2.24) is 9.97 Å². The Labute approximate surface area is 152 Å². The summed E-state index contributed by atoms with van der Waals surface area (Å²) in [5, 5.41) is 8.28. The van der Waals surface area contributed by atoms with Gasteiger partial charge in [0.05, 0.1) is 4.90 Å². The third kappa shape index (κ3) is 3.98. The van der Waals surface area contributed by atoms with Crippen LogP contribution in [0.3, 0.4) is 0 Å². The first-order valence-electron chi connectivity index (χ1n) is 7.87. The van der Waals surface area contributed by atoms with Crippen LogP contribution in [0.4, 0.5) is 23.1 Å². The Morgan fingerprint density at radius 2 is 1.81 bits per heavy atom. The number of anilines is 4. The SMILES string of the molecule is Cc1ccc(Nc2nccc(N(C)c3ccccc3)n2)cc1S(N)(=O)=O. The molecule has 1 aromatic heterocycles. The summed E-state index contributed by atoms with van der Waals surface area (Å²) in [5.74, 6) is 1.06. The van der Waals surface area contributed by atoms with Crippen LogP contribution in [0.15, 0.2) is 65.7 Å². The summed E-state index contributed by atoms with van der Waals surface area (Å²) in [6, 6.07) is 16.5. The summed E-state index contributed by atoms with van der Waals surface area (Å²) < 4.78 is 23.3. The van der Waals surface area contributed by atoms with Crippen molar-refractivity contribution in [3.63, 3.8) is 0 Å². The Morgan fingerprint density at radius 3 is 2.50 bits per heavy atom. The van der Waals surface area contributed by atoms with Crippen LogP contribution in [-0.4, -0.2) is 25.4 Å². The van der Waals surface area contributed by atoms with Crippen LogP contribution in [-0.2, 0) is 10.0 Å². The van der Waals surface area contributed by atoms with Gasteiger partial charge in [0.2, 0.25) is 16.0 Å². The molecular formula is C18H19N5O2S. The van der Waals surface area contributed by atoms with Crippen LogP contribution >= 0.6 is 0 Å². The highest BCUT2D eigenvalue weighted by Gasteiger charge is 2.13. The largest absolute Gasteiger partial charge is 0.329 e. The molecule has 0 bridgehead atoms. The maximum atomic E-state index is 11.7. The zero-order chi connectivity index (χ0) is 18.7. The second kappa shape index (κ2) is 7.11. The number of primary sulfonamides is 1. The maximum absolute atomic E-state index is 11.7. The predicted octanol–water partition coefficient (Wildman–Crippen LogP) is 2.94. The van der Waals surface area contributed by atoms with E-state index in [-0.39, 0.29) is 4.90 Å². The minimum Gasteiger partial charge on any atom is -0.329 e. The molecule has 0 aliphatic heterocycles. The predicted molar refractivity (Wildman–Crippen MR) is 102 cm³/mol. The fraction of sp³-hybridized carbons (Fsp3) is 0.111. The molecular weight excluding hydrogens is 350 g/mol. The van der Waals surface area contributed by atoms with Gasteiger partial charge in [0, 0.05) is 24.6 Å². The van der Waals surface area contributed by atoms with Crippen LogP contribution in [0.5, 0.6) is 0 Å². The number of nitrogens with one attached hydrogen (secondary N) is 1. The number of aryl methyl sites for hydroxylation is 1. The number of benzene rings is 2. The van der Waals surface area contributed by atoms with Gasteiger partial charge < -0.3 is 10.2 Å². The summed E-state index contributed by atoms with van der Waals surface area (Å²) in [5.41, 5.74) is 2.11. The number of hydrogen-bond donors (Lipinski definition) is 2. The first-order chi connectivity index (χ1) is 12.3. The molecule has 0 aliphatic carbocycles. The van der Waals surface area contributed by atoms with Gasteiger partial charge in [0.1, 0.15) is 5.82 Å². The number of rotatable bonds is 5. The number of sulfonamides is 1. The average molecular weight is 369 g/mol. The molecule has 0 fully saturated rings. The Bertz CT molecular complexity index is 1020. The van der Waals surface area contributed by atoms with Crippen molar-refractivity contribution in [2.24, 2.45) is 5.14 Å². The number of hydrogen-bond acceptors (Lipinski definition) is 6. The summed E-state index contributed by atoms with van der Waals surface area (Å²) >= 11 is 0. The van der Waals surface area contributed by atoms with Crippen molar-refractivity contribution >= 4 is 33.2 Å². The molecule has 3 rings (SSSR count). The molecule has 0 unspecified atom stereocenters. The monoisotopic (exact) mass is 369 g/mol. The van der Waals surface area contributed by atoms with E-state index in [9.17, 15) is 8.42 Å². The summed E-state index contributed by atoms with van der Waals surface area (Å²) in [7, 11) is -1.89. The van der Waals surface area contributed by atoms with Gasteiger partial charge in [0.15, 0.2) is 0 Å². The highest BCUT2D eigenvalue weighted by atomic mass is 32.2. The van der Waals surface area contributed by atoms with Gasteiger partial charge in [-0.05, 0) is 42.8 Å². The maximum Gasteiger partial charge on any atom is 0.238 e. The van der Waals surface area contributed by atoms with E-state index in [4.69, 9.17) is 5.14 Å². The zero-order valence-corrected chi connectivity index (χ0v) is 15.2. The third-order valence-corrected chi connectivity index (χ3v) is 4.93. The lowest BCUT2D eigenvalue weighted by Crippen LogP contribution is -2.14. The van der Waals surface area contributed by atoms with Gasteiger partial charge in [-0.15, -0.1) is 0 Å². The first kappa shape index (κ1) is 17.8. The van der Waals surface area contributed by atoms with E-state index in [1.54, 1.807) is 31.3 Å². The molecule has 0 spiro atoms. The molecule has 7 nitrogen and oxygen atoms in total. The van der Waals surface area contributed by atoms with E-state index < -0.39 is 10.0 Å². The highest BCUT2D eigenvalue weighted by Crippen LogP contribution is 2.24. The number of nitrogens with zero attached hydrogens (tertiary/aromatic N) is 3. The Morgan fingerprint density at radius 1 is 1.08 bits per heavy atom. The minimum atomic E-state index is -3.79. The number of nitrogens with two attached hydrogens (primary N) is 1. The lowest BCUT2D eigenvalue weighted by Gasteiger charge is -2.18. The number of para-hydroxylation sites is 1. The fourth-order valence-electron chi connectivity index (χ4n) is 2.49. The third-order valence-electron chi connectivity index (χ3n) is 3.88. The van der Waals surface area contributed by atoms with Crippen LogP contribution in [0.1, 0.15) is 5.56 Å². The Hall–Kier alpha value is -2.97. The summed E-state index contributed by atoms with van der Waals surface area (Å²) in [4.78, 5) is 10.7. The first-order valence-corrected chi connectivity index (χ1v) is 9.41. The molecule has 134 valence electrons. The van der Waals surface area contributed by atoms with Crippen LogP contribution in [0.2, 0.25) is 0 Å². The van der Waals surface area contributed by atoms with Crippen molar-refractivity contribution in [1.29, 1.82) is 0 Å². The standard InChI is InChI=1S/C18H19N5O2S/c1-13-8-9-14(12-16(13)26(19,24)25)21-18-20-11-10-17(22-18)23(2)15-6-4-3-5-7-15/h3-12H,1-2H3,(H2,19,24,25)(H,20,21,22). The second-order valence-electron chi connectivity index (χ2n) is 5.78. The van der Waals surface area contributed by atoms with Crippen LogP contribution in [0.25, 0.3) is 0 Å². The summed E-state index contributed by atoms with van der Waals surface area (Å²) in [6.07, 6.45) is 1.64. The van der Waals surface area contributed by atoms with Crippen molar-refractivity contribution < 1.29 is 8.42 Å². The molecule has 0 radical (unpaired) electrons. The minimum absolute atomic E-state index is 0.0695. The fourth-order valence-corrected chi connectivity index (χ4v) is 3.30. The molecule has 3 N–H and O–H groups in total. The van der Waals surface area contributed by atoms with Crippen molar-refractivity contribution in [3.8, 4) is 0 Å². The smallest absolute Gasteiger partial charge is 0.238 e. The highest BCUT2D eigenvalue weighted by molar-refractivity contribution is 7.89. The van der Waals surface area contributed by atoms with E-state index in [2.05, 4.69) is 15.3 Å². The zero-order valence-electron chi connectivity index (χ0n) is 14.4. The van der Waals surface area contributed by atoms with E-state index in [1.807, 2.05) is 42.3 Å². The average Bonchev–Trinajstić information content (AvgIpc) is 2.63. The topological polar surface area (TPSA) is 101 Å². The lowest BCUT2D eigenvalue weighted by atomic mass is 10.2. The number of aromatic nitrogens is 2. The molecule has 8 heteroatoms. The molecule has 0 aliphatic rings. The quantitative estimate of drug-likeness (QED) is 0.717. The van der Waals surface area contributed by atoms with Gasteiger partial charge in [0.25, 0.3) is 0 Å². The molecule has 0 saturated heterocycles. The molecule has 0 amide bonds. The van der Waals surface area contributed by atoms with Gasteiger partial charge in [-0.3, -0.25) is 0 Å². The van der Waals surface area contributed by atoms with Crippen molar-refractivity contribution in [2.75, 3.05) is 17.3 Å². The van der Waals surface area contributed by atoms with Gasteiger partial charge in [-0.25, -0.2) is 18.5 Å². The lowest BCUT2D eigenvalue weighted by molar-refractivity contribution is 0.597. The van der Waals surface area contributed by atoms with Crippen molar-refractivity contribution in [3.05, 3.63) is 66.4 Å². The normalized spacial score (nSPS) is 11.2. The molecule has 0 saturated carbocycles. The van der Waals surface area contributed by atoms with Gasteiger partial charge >= 0.3 is 0 Å². The second-order valence-corrected chi connectivity index (χ2v) is 7.31. The van der Waals surface area contributed by atoms with Gasteiger partial charge in [-0.2, -0.15) is 4.98 Å². The van der Waals surface area contributed by atoms with E-state index in [1.165, 1.54) is 6.07 Å². The van der Waals surface area contributed by atoms with Crippen LogP contribution < -0.4 is 15.4 Å². The van der Waals surface area contributed by atoms with Gasteiger partial charge in [-0.1, -0.05) is 24.3 Å². The van der Waals surface area contributed by atoms with Crippen molar-refractivity contribution in [2.45, 2.75) is 11.8 Å². The molecule has 1 heterocycles. The van der Waals surface area contributed by atoms with E-state index in [0.29, 0.717) is 23.0 Å². The van der Waals surface area contributed by atoms with Crippen LogP contribution in [0, 0.1) is 6.92 Å². The van der Waals surface area contributed by atoms with E-state index in [0.717, 1.165) is 5.69 Å². The molecule has 0 atom stereocenters. The Kier molecular flexibility index (Phi) is 4.88. The Balaban J connectivity index is 1.88. The molecule has 2 aromatic carbocycles. The summed E-state index contributed by atoms with van der Waals surface area (Å²) in [6.45, 7) is 1.69. The molecule has 26 heavy (non-hydrogen) atoms. The molecule has 3 aromatic rings. The van der Waals surface area contributed by atoms with E-state index >= 15 is 0 Å².